The van der Waals surface area contributed by atoms with Crippen LogP contribution in [0.15, 0.2) is 33.9 Å². The Hall–Kier alpha value is -2.15. The van der Waals surface area contributed by atoms with Crippen molar-refractivity contribution in [1.82, 2.24) is 5.01 Å². The van der Waals surface area contributed by atoms with Gasteiger partial charge in [-0.2, -0.15) is 10.1 Å². The maximum atomic E-state index is 12.6. The lowest BCUT2D eigenvalue weighted by Crippen LogP contribution is -2.38. The fraction of sp³-hybridized carbons (Fsp3) is 0.353. The molecule has 3 aliphatic carbocycles. The van der Waals surface area contributed by atoms with Crippen LogP contribution >= 0.6 is 15.9 Å². The number of nitrogens with zero attached hydrogens (tertiary/aromatic N) is 2. The molecule has 124 valence electrons. The van der Waals surface area contributed by atoms with Crippen molar-refractivity contribution in [2.45, 2.75) is 12.8 Å². The van der Waals surface area contributed by atoms with E-state index in [1.165, 1.54) is 18.3 Å². The Morgan fingerprint density at radius 2 is 1.62 bits per heavy atom. The molecule has 0 radical (unpaired) electrons. The van der Waals surface area contributed by atoms with Crippen molar-refractivity contribution in [3.8, 4) is 11.5 Å². The van der Waals surface area contributed by atoms with Gasteiger partial charge in [-0.3, -0.25) is 9.59 Å². The van der Waals surface area contributed by atoms with Gasteiger partial charge in [0.05, 0.1) is 22.5 Å². The fourth-order valence-electron chi connectivity index (χ4n) is 3.96. The van der Waals surface area contributed by atoms with Crippen LogP contribution < -0.4 is 0 Å². The van der Waals surface area contributed by atoms with Crippen molar-refractivity contribution >= 4 is 34.0 Å². The van der Waals surface area contributed by atoms with E-state index in [-0.39, 0.29) is 47.0 Å². The average Bonchev–Trinajstić information content (AvgIpc) is 2.84. The van der Waals surface area contributed by atoms with Crippen LogP contribution in [-0.2, 0) is 9.59 Å². The average molecular weight is 391 g/mol. The van der Waals surface area contributed by atoms with Gasteiger partial charge in [-0.25, -0.2) is 0 Å². The second-order valence-electron chi connectivity index (χ2n) is 6.44. The molecule has 1 heterocycles. The molecule has 6 nitrogen and oxygen atoms in total. The van der Waals surface area contributed by atoms with E-state index in [1.807, 2.05) is 0 Å². The summed E-state index contributed by atoms with van der Waals surface area (Å²) in [5.41, 5.74) is 0.302. The van der Waals surface area contributed by atoms with E-state index in [9.17, 15) is 19.8 Å². The summed E-state index contributed by atoms with van der Waals surface area (Å²) in [6.07, 6.45) is 7.24. The second-order valence-corrected chi connectivity index (χ2v) is 7.29. The van der Waals surface area contributed by atoms with Crippen LogP contribution in [0.4, 0.5) is 0 Å². The number of hydrazone groups is 1. The summed E-state index contributed by atoms with van der Waals surface area (Å²) in [6, 6.07) is 2.64. The molecule has 0 unspecified atom stereocenters. The van der Waals surface area contributed by atoms with E-state index in [0.717, 1.165) is 17.9 Å². The summed E-state index contributed by atoms with van der Waals surface area (Å²) in [6.45, 7) is 0. The number of benzene rings is 1. The summed E-state index contributed by atoms with van der Waals surface area (Å²) < 4.78 is 0.386. The number of aromatic hydroxyl groups is 2. The van der Waals surface area contributed by atoms with Gasteiger partial charge in [-0.05, 0) is 46.7 Å². The third-order valence-corrected chi connectivity index (χ3v) is 5.78. The highest BCUT2D eigenvalue weighted by Gasteiger charge is 2.56. The molecule has 1 aliphatic heterocycles. The SMILES string of the molecule is O=C1[C@@H]2[C@H](C(=O)N1/N=C\c1cc(Br)c(O)cc1O)[C@@H]1C=C[C@H]2CC1. The smallest absolute Gasteiger partial charge is 0.254 e. The Kier molecular flexibility index (Phi) is 3.49. The van der Waals surface area contributed by atoms with E-state index in [2.05, 4.69) is 33.2 Å². The Labute approximate surface area is 146 Å². The van der Waals surface area contributed by atoms with Crippen molar-refractivity contribution in [2.24, 2.45) is 28.8 Å². The maximum Gasteiger partial charge on any atom is 0.254 e. The first-order chi connectivity index (χ1) is 11.5. The molecular formula is C17H15BrN2O4. The minimum atomic E-state index is -0.307. The molecule has 7 heteroatoms. The van der Waals surface area contributed by atoms with Crippen LogP contribution in [0.3, 0.4) is 0 Å². The van der Waals surface area contributed by atoms with Crippen LogP contribution in [0.1, 0.15) is 18.4 Å². The molecular weight excluding hydrogens is 376 g/mol. The Balaban J connectivity index is 1.63. The van der Waals surface area contributed by atoms with Crippen LogP contribution in [0.2, 0.25) is 0 Å². The monoisotopic (exact) mass is 390 g/mol. The third-order valence-electron chi connectivity index (χ3n) is 5.14. The molecule has 2 N–H and O–H groups in total. The van der Waals surface area contributed by atoms with Gasteiger partial charge in [0.15, 0.2) is 0 Å². The highest BCUT2D eigenvalue weighted by molar-refractivity contribution is 9.10. The first kappa shape index (κ1) is 15.4. The molecule has 4 aliphatic rings. The molecule has 1 saturated heterocycles. The molecule has 2 fully saturated rings. The summed E-state index contributed by atoms with van der Waals surface area (Å²) >= 11 is 3.15. The second kappa shape index (κ2) is 5.44. The molecule has 0 spiro atoms. The zero-order valence-corrected chi connectivity index (χ0v) is 14.2. The van der Waals surface area contributed by atoms with Crippen molar-refractivity contribution in [3.05, 3.63) is 34.3 Å². The van der Waals surface area contributed by atoms with E-state index in [1.54, 1.807) is 0 Å². The van der Waals surface area contributed by atoms with Crippen LogP contribution in [0.25, 0.3) is 0 Å². The standard InChI is InChI=1S/C17H15BrN2O4/c18-11-5-10(12(21)6-13(11)22)7-19-20-16(23)14-8-1-2-9(4-3-8)15(14)17(20)24/h1-2,5-9,14-15,21-22H,3-4H2/b19-7-/t8-,9+,14-,15+. The summed E-state index contributed by atoms with van der Waals surface area (Å²) in [5.74, 6) is -1.20. The predicted molar refractivity (Wildman–Crippen MR) is 89.3 cm³/mol. The first-order valence-electron chi connectivity index (χ1n) is 7.79. The lowest BCUT2D eigenvalue weighted by molar-refractivity contribution is -0.140. The van der Waals surface area contributed by atoms with E-state index >= 15 is 0 Å². The number of carbonyl (C=O) groups excluding carboxylic acids is 2. The van der Waals surface area contributed by atoms with Crippen molar-refractivity contribution in [1.29, 1.82) is 0 Å². The van der Waals surface area contributed by atoms with E-state index in [0.29, 0.717) is 10.0 Å². The third kappa shape index (κ3) is 2.18. The first-order valence-corrected chi connectivity index (χ1v) is 8.58. The van der Waals surface area contributed by atoms with Gasteiger partial charge in [0.1, 0.15) is 11.5 Å². The number of phenols is 2. The molecule has 24 heavy (non-hydrogen) atoms. The van der Waals surface area contributed by atoms with Crippen molar-refractivity contribution in [3.63, 3.8) is 0 Å². The van der Waals surface area contributed by atoms with Gasteiger partial charge in [-0.1, -0.05) is 12.2 Å². The van der Waals surface area contributed by atoms with Crippen LogP contribution in [0, 0.1) is 23.7 Å². The number of phenolic OH excluding ortho intramolecular Hbond substituents is 2. The van der Waals surface area contributed by atoms with Crippen LogP contribution in [-0.4, -0.2) is 33.3 Å². The van der Waals surface area contributed by atoms with Crippen molar-refractivity contribution < 1.29 is 19.8 Å². The van der Waals surface area contributed by atoms with E-state index in [4.69, 9.17) is 0 Å². The summed E-state index contributed by atoms with van der Waals surface area (Å²) in [7, 11) is 0. The van der Waals surface area contributed by atoms with Gasteiger partial charge in [0.25, 0.3) is 11.8 Å². The minimum absolute atomic E-state index is 0.105. The van der Waals surface area contributed by atoms with Gasteiger partial charge in [0.2, 0.25) is 0 Å². The molecule has 2 amide bonds. The quantitative estimate of drug-likeness (QED) is 0.460. The molecule has 5 rings (SSSR count). The number of carbonyl (C=O) groups is 2. The van der Waals surface area contributed by atoms with E-state index < -0.39 is 0 Å². The number of hydrogen-bond acceptors (Lipinski definition) is 5. The molecule has 1 aromatic rings. The number of rotatable bonds is 2. The van der Waals surface area contributed by atoms with Crippen LogP contribution in [0.5, 0.6) is 11.5 Å². The lowest BCUT2D eigenvalue weighted by atomic mass is 9.63. The zero-order valence-electron chi connectivity index (χ0n) is 12.6. The van der Waals surface area contributed by atoms with Crippen molar-refractivity contribution in [2.75, 3.05) is 0 Å². The molecule has 1 saturated carbocycles. The van der Waals surface area contributed by atoms with Gasteiger partial charge in [-0.15, -0.1) is 0 Å². The number of halogens is 1. The Morgan fingerprint density at radius 3 is 2.17 bits per heavy atom. The number of hydrogen-bond donors (Lipinski definition) is 2. The summed E-state index contributed by atoms with van der Waals surface area (Å²) in [4.78, 5) is 25.2. The van der Waals surface area contributed by atoms with Gasteiger partial charge >= 0.3 is 0 Å². The molecule has 4 atom stereocenters. The number of amides is 2. The molecule has 1 aromatic carbocycles. The zero-order chi connectivity index (χ0) is 17.0. The largest absolute Gasteiger partial charge is 0.507 e. The molecule has 2 bridgehead atoms. The minimum Gasteiger partial charge on any atom is -0.507 e. The highest BCUT2D eigenvalue weighted by Crippen LogP contribution is 2.49. The number of allylic oxidation sites excluding steroid dienone is 2. The Morgan fingerprint density at radius 1 is 1.04 bits per heavy atom. The summed E-state index contributed by atoms with van der Waals surface area (Å²) in [5, 5.41) is 24.3. The highest BCUT2D eigenvalue weighted by atomic mass is 79.9. The van der Waals surface area contributed by atoms with Gasteiger partial charge < -0.3 is 10.2 Å². The molecule has 0 aromatic heterocycles. The van der Waals surface area contributed by atoms with Gasteiger partial charge in [0, 0.05) is 11.6 Å². The lowest BCUT2D eigenvalue weighted by Gasteiger charge is -2.37. The Bertz CT molecular complexity index is 772. The fourth-order valence-corrected chi connectivity index (χ4v) is 4.32. The number of imide groups is 1. The number of fused-ring (bicyclic) bond motifs is 1. The maximum absolute atomic E-state index is 12.6. The topological polar surface area (TPSA) is 90.2 Å². The predicted octanol–water partition coefficient (Wildman–Crippen LogP) is 2.39. The normalized spacial score (nSPS) is 31.3.